The van der Waals surface area contributed by atoms with Crippen LogP contribution in [0.1, 0.15) is 11.1 Å². The van der Waals surface area contributed by atoms with Crippen molar-refractivity contribution in [2.45, 2.75) is 6.92 Å². The van der Waals surface area contributed by atoms with Crippen molar-refractivity contribution in [2.24, 2.45) is 5.10 Å². The number of anilines is 4. The smallest absolute Gasteiger partial charge is 0.278 e. The van der Waals surface area contributed by atoms with Gasteiger partial charge in [-0.25, -0.2) is 5.43 Å². The Bertz CT molecular complexity index is 1180. The van der Waals surface area contributed by atoms with Gasteiger partial charge in [0.25, 0.3) is 5.69 Å². The summed E-state index contributed by atoms with van der Waals surface area (Å²) >= 11 is 0. The summed E-state index contributed by atoms with van der Waals surface area (Å²) in [6.07, 6.45) is 1.34. The van der Waals surface area contributed by atoms with E-state index < -0.39 is 4.92 Å². The van der Waals surface area contributed by atoms with Crippen molar-refractivity contribution >= 4 is 35.4 Å². The Morgan fingerprint density at radius 1 is 1.15 bits per heavy atom. The van der Waals surface area contributed by atoms with Gasteiger partial charge in [-0.05, 0) is 24.6 Å². The number of benzene rings is 2. The molecule has 0 atom stereocenters. The Labute approximate surface area is 189 Å². The zero-order chi connectivity index (χ0) is 23.2. The average molecular weight is 450 g/mol. The first-order chi connectivity index (χ1) is 16.0. The van der Waals surface area contributed by atoms with E-state index in [0.717, 1.165) is 5.56 Å². The van der Waals surface area contributed by atoms with E-state index in [-0.39, 0.29) is 23.3 Å². The van der Waals surface area contributed by atoms with Crippen molar-refractivity contribution < 1.29 is 14.8 Å². The first-order valence-electron chi connectivity index (χ1n) is 10.2. The van der Waals surface area contributed by atoms with Crippen LogP contribution >= 0.6 is 0 Å². The van der Waals surface area contributed by atoms with Crippen LogP contribution in [-0.4, -0.2) is 57.5 Å². The Morgan fingerprint density at radius 2 is 1.91 bits per heavy atom. The molecule has 0 amide bonds. The number of phenols is 1. The lowest BCUT2D eigenvalue weighted by Crippen LogP contribution is -2.37. The second kappa shape index (κ2) is 9.87. The number of aromatic hydroxyl groups is 1. The van der Waals surface area contributed by atoms with Gasteiger partial charge in [0.2, 0.25) is 17.8 Å². The van der Waals surface area contributed by atoms with Crippen molar-refractivity contribution in [3.05, 3.63) is 63.7 Å². The van der Waals surface area contributed by atoms with Gasteiger partial charge in [-0.1, -0.05) is 18.2 Å². The molecule has 0 bridgehead atoms. The van der Waals surface area contributed by atoms with E-state index in [0.29, 0.717) is 43.5 Å². The van der Waals surface area contributed by atoms with Crippen molar-refractivity contribution in [1.82, 2.24) is 15.0 Å². The molecule has 2 heterocycles. The van der Waals surface area contributed by atoms with Gasteiger partial charge >= 0.3 is 0 Å². The third-order valence-corrected chi connectivity index (χ3v) is 4.89. The SMILES string of the molecule is Cc1ccc(O)cc1Nc1nc(N/N=C\c2ccccc2[N+](=O)[O-])nc(N2CCOCC2)n1. The number of nitrogens with one attached hydrogen (secondary N) is 2. The number of morpholine rings is 1. The number of nitro benzene ring substituents is 1. The highest BCUT2D eigenvalue weighted by Crippen LogP contribution is 2.25. The summed E-state index contributed by atoms with van der Waals surface area (Å²) in [6.45, 7) is 4.24. The van der Waals surface area contributed by atoms with E-state index >= 15 is 0 Å². The standard InChI is InChI=1S/C21H22N8O4/c1-14-6-7-16(30)12-17(14)23-19-24-20(26-21(25-19)28-8-10-33-11-9-28)27-22-13-15-4-2-3-5-18(15)29(31)32/h2-7,12-13,30H,8-11H2,1H3,(H2,23,24,25,26,27)/b22-13-. The van der Waals surface area contributed by atoms with E-state index in [1.54, 1.807) is 36.4 Å². The molecule has 0 unspecified atom stereocenters. The number of nitro groups is 1. The lowest BCUT2D eigenvalue weighted by molar-refractivity contribution is -0.385. The molecule has 2 aromatic carbocycles. The largest absolute Gasteiger partial charge is 0.508 e. The highest BCUT2D eigenvalue weighted by Gasteiger charge is 2.17. The van der Waals surface area contributed by atoms with Crippen molar-refractivity contribution in [3.63, 3.8) is 0 Å². The van der Waals surface area contributed by atoms with E-state index in [4.69, 9.17) is 4.74 Å². The Kier molecular flexibility index (Phi) is 6.55. The molecule has 1 aliphatic heterocycles. The van der Waals surface area contributed by atoms with Crippen LogP contribution in [0.5, 0.6) is 5.75 Å². The second-order valence-electron chi connectivity index (χ2n) is 7.19. The molecule has 12 heteroatoms. The Hall–Kier alpha value is -4.32. The van der Waals surface area contributed by atoms with Gasteiger partial charge in [-0.15, -0.1) is 0 Å². The van der Waals surface area contributed by atoms with Gasteiger partial charge in [0.15, 0.2) is 0 Å². The van der Waals surface area contributed by atoms with E-state index in [9.17, 15) is 15.2 Å². The molecule has 1 saturated heterocycles. The van der Waals surface area contributed by atoms with E-state index in [2.05, 4.69) is 30.8 Å². The normalized spacial score (nSPS) is 13.8. The maximum Gasteiger partial charge on any atom is 0.278 e. The minimum absolute atomic E-state index is 0.0607. The summed E-state index contributed by atoms with van der Waals surface area (Å²) in [5.41, 5.74) is 4.54. The number of nitrogens with zero attached hydrogens (tertiary/aromatic N) is 6. The molecular formula is C21H22N8O4. The van der Waals surface area contributed by atoms with E-state index in [1.807, 2.05) is 11.8 Å². The van der Waals surface area contributed by atoms with Crippen LogP contribution in [0, 0.1) is 17.0 Å². The Morgan fingerprint density at radius 3 is 2.70 bits per heavy atom. The quantitative estimate of drug-likeness (QED) is 0.278. The molecule has 0 aliphatic carbocycles. The van der Waals surface area contributed by atoms with Gasteiger partial charge < -0.3 is 20.1 Å². The molecular weight excluding hydrogens is 428 g/mol. The molecule has 4 rings (SSSR count). The summed E-state index contributed by atoms with van der Waals surface area (Å²) in [7, 11) is 0. The summed E-state index contributed by atoms with van der Waals surface area (Å²) in [6, 6.07) is 11.2. The fraction of sp³-hybridized carbons (Fsp3) is 0.238. The summed E-state index contributed by atoms with van der Waals surface area (Å²) in [5, 5.41) is 28.2. The zero-order valence-corrected chi connectivity index (χ0v) is 17.8. The first-order valence-corrected chi connectivity index (χ1v) is 10.2. The minimum atomic E-state index is -0.472. The average Bonchev–Trinajstić information content (AvgIpc) is 2.82. The predicted molar refractivity (Wildman–Crippen MR) is 123 cm³/mol. The molecule has 0 spiro atoms. The van der Waals surface area contributed by atoms with Crippen molar-refractivity contribution in [1.29, 1.82) is 0 Å². The maximum absolute atomic E-state index is 11.2. The van der Waals surface area contributed by atoms with Gasteiger partial charge in [-0.3, -0.25) is 10.1 Å². The predicted octanol–water partition coefficient (Wildman–Crippen LogP) is 2.82. The fourth-order valence-electron chi connectivity index (χ4n) is 3.16. The fourth-order valence-corrected chi connectivity index (χ4v) is 3.16. The van der Waals surface area contributed by atoms with Gasteiger partial charge in [0, 0.05) is 30.9 Å². The van der Waals surface area contributed by atoms with Crippen LogP contribution in [0.4, 0.5) is 29.2 Å². The van der Waals surface area contributed by atoms with E-state index in [1.165, 1.54) is 12.3 Å². The number of aromatic nitrogens is 3. The molecule has 1 fully saturated rings. The monoisotopic (exact) mass is 450 g/mol. The summed E-state index contributed by atoms with van der Waals surface area (Å²) in [4.78, 5) is 26.0. The number of ether oxygens (including phenoxy) is 1. The van der Waals surface area contributed by atoms with Gasteiger partial charge in [0.1, 0.15) is 5.75 Å². The number of para-hydroxylation sites is 1. The third-order valence-electron chi connectivity index (χ3n) is 4.89. The Balaban J connectivity index is 1.61. The molecule has 1 aromatic heterocycles. The minimum Gasteiger partial charge on any atom is -0.508 e. The summed E-state index contributed by atoms with van der Waals surface area (Å²) < 4.78 is 5.40. The number of rotatable bonds is 7. The highest BCUT2D eigenvalue weighted by molar-refractivity contribution is 5.85. The topological polar surface area (TPSA) is 151 Å². The van der Waals surface area contributed by atoms with Crippen molar-refractivity contribution in [3.8, 4) is 5.75 Å². The van der Waals surface area contributed by atoms with Crippen LogP contribution in [0.2, 0.25) is 0 Å². The molecule has 12 nitrogen and oxygen atoms in total. The molecule has 33 heavy (non-hydrogen) atoms. The molecule has 0 radical (unpaired) electrons. The van der Waals surface area contributed by atoms with Crippen LogP contribution in [0.25, 0.3) is 0 Å². The second-order valence-corrected chi connectivity index (χ2v) is 7.19. The van der Waals surface area contributed by atoms with Gasteiger partial charge in [-0.2, -0.15) is 20.1 Å². The molecule has 0 saturated carbocycles. The molecule has 170 valence electrons. The van der Waals surface area contributed by atoms with Crippen LogP contribution < -0.4 is 15.6 Å². The van der Waals surface area contributed by atoms with Crippen molar-refractivity contribution in [2.75, 3.05) is 41.9 Å². The lowest BCUT2D eigenvalue weighted by Gasteiger charge is -2.27. The molecule has 3 N–H and O–H groups in total. The number of hydrazone groups is 1. The molecule has 1 aliphatic rings. The maximum atomic E-state index is 11.2. The third kappa shape index (κ3) is 5.49. The van der Waals surface area contributed by atoms with Crippen LogP contribution in [0.3, 0.4) is 0 Å². The number of aryl methyl sites for hydroxylation is 1. The van der Waals surface area contributed by atoms with Gasteiger partial charge in [0.05, 0.1) is 29.9 Å². The first kappa shape index (κ1) is 21.9. The zero-order valence-electron chi connectivity index (χ0n) is 17.8. The molecule has 3 aromatic rings. The lowest BCUT2D eigenvalue weighted by atomic mass is 10.2. The number of hydrogen-bond donors (Lipinski definition) is 3. The van der Waals surface area contributed by atoms with Crippen LogP contribution in [0.15, 0.2) is 47.6 Å². The number of phenolic OH excluding ortho intramolecular Hbond substituents is 1. The number of hydrogen-bond acceptors (Lipinski definition) is 11. The van der Waals surface area contributed by atoms with Crippen LogP contribution in [-0.2, 0) is 4.74 Å². The summed E-state index contributed by atoms with van der Waals surface area (Å²) in [5.74, 6) is 0.945. The highest BCUT2D eigenvalue weighted by atomic mass is 16.6.